The lowest BCUT2D eigenvalue weighted by Gasteiger charge is -2.12. The summed E-state index contributed by atoms with van der Waals surface area (Å²) in [6.07, 6.45) is 0.846. The van der Waals surface area contributed by atoms with Gasteiger partial charge in [0.05, 0.1) is 26.1 Å². The maximum atomic E-state index is 11.5. The number of hydrogen-bond donors (Lipinski definition) is 4. The van der Waals surface area contributed by atoms with Gasteiger partial charge >= 0.3 is 0 Å². The van der Waals surface area contributed by atoms with Crippen LogP contribution in [0.15, 0.2) is 11.1 Å². The second-order valence-electron chi connectivity index (χ2n) is 3.92. The van der Waals surface area contributed by atoms with Crippen molar-refractivity contribution in [3.8, 4) is 0 Å². The van der Waals surface area contributed by atoms with Crippen molar-refractivity contribution in [3.63, 3.8) is 0 Å². The number of rotatable bonds is 6. The summed E-state index contributed by atoms with van der Waals surface area (Å²) < 4.78 is 6.85. The van der Waals surface area contributed by atoms with E-state index in [1.807, 2.05) is 0 Å². The Labute approximate surface area is 107 Å². The molecule has 0 atom stereocenters. The molecule has 0 fully saturated rings. The summed E-state index contributed by atoms with van der Waals surface area (Å²) in [6.45, 7) is 0.104. The number of H-pyrrole nitrogens is 1. The van der Waals surface area contributed by atoms with Crippen LogP contribution in [0.3, 0.4) is 0 Å². The Morgan fingerprint density at radius 3 is 2.89 bits per heavy atom. The number of aliphatic hydroxyl groups is 2. The summed E-state index contributed by atoms with van der Waals surface area (Å²) in [7, 11) is 0. The van der Waals surface area contributed by atoms with Gasteiger partial charge < -0.3 is 25.3 Å². The van der Waals surface area contributed by atoms with E-state index in [0.717, 1.165) is 0 Å². The van der Waals surface area contributed by atoms with Crippen LogP contribution in [0.25, 0.3) is 11.2 Å². The zero-order valence-electron chi connectivity index (χ0n) is 10.1. The molecule has 0 saturated carbocycles. The smallest absolute Gasteiger partial charge is 0.280 e. The first-order valence-electron chi connectivity index (χ1n) is 5.69. The van der Waals surface area contributed by atoms with Gasteiger partial charge in [0, 0.05) is 6.54 Å². The maximum absolute atomic E-state index is 11.5. The van der Waals surface area contributed by atoms with Crippen LogP contribution in [0.4, 0.5) is 5.95 Å². The van der Waals surface area contributed by atoms with Crippen LogP contribution in [-0.2, 0) is 11.3 Å². The number of imidazole rings is 1. The fourth-order valence-electron chi connectivity index (χ4n) is 1.62. The van der Waals surface area contributed by atoms with Crippen LogP contribution >= 0.6 is 0 Å². The number of nitrogens with one attached hydrogen (secondary N) is 1. The molecule has 2 aromatic heterocycles. The van der Waals surface area contributed by atoms with Gasteiger partial charge in [-0.05, 0) is 0 Å². The number of aliphatic hydroxyl groups excluding tert-OH is 2. The van der Waals surface area contributed by atoms with Crippen LogP contribution in [0.5, 0.6) is 0 Å². The highest BCUT2D eigenvalue weighted by Gasteiger charge is 2.10. The van der Waals surface area contributed by atoms with Crippen molar-refractivity contribution in [1.29, 1.82) is 0 Å². The van der Waals surface area contributed by atoms with Crippen LogP contribution in [0.2, 0.25) is 0 Å². The third-order valence-electron chi connectivity index (χ3n) is 2.59. The van der Waals surface area contributed by atoms with E-state index >= 15 is 0 Å². The third kappa shape index (κ3) is 2.89. The second-order valence-corrected chi connectivity index (χ2v) is 3.92. The molecule has 0 radical (unpaired) electrons. The summed E-state index contributed by atoms with van der Waals surface area (Å²) in [5.41, 5.74) is 5.64. The Kier molecular flexibility index (Phi) is 4.10. The highest BCUT2D eigenvalue weighted by molar-refractivity contribution is 5.70. The molecular formula is C10H15N5O4. The number of ether oxygens (including phenoxy) is 1. The van der Waals surface area contributed by atoms with E-state index in [0.29, 0.717) is 12.2 Å². The molecule has 0 aliphatic rings. The molecule has 9 nitrogen and oxygen atoms in total. The molecule has 2 aromatic rings. The second kappa shape index (κ2) is 5.78. The van der Waals surface area contributed by atoms with E-state index in [-0.39, 0.29) is 31.3 Å². The van der Waals surface area contributed by atoms with E-state index in [1.54, 1.807) is 4.57 Å². The first-order valence-corrected chi connectivity index (χ1v) is 5.69. The van der Waals surface area contributed by atoms with E-state index in [4.69, 9.17) is 20.7 Å². The molecule has 2 heterocycles. The van der Waals surface area contributed by atoms with Gasteiger partial charge in [0.15, 0.2) is 11.2 Å². The van der Waals surface area contributed by atoms with Gasteiger partial charge in [-0.15, -0.1) is 0 Å². The molecule has 0 bridgehead atoms. The number of nitrogen functional groups attached to an aromatic ring is 1. The van der Waals surface area contributed by atoms with Gasteiger partial charge in [0.2, 0.25) is 5.95 Å². The van der Waals surface area contributed by atoms with Gasteiger partial charge in [-0.3, -0.25) is 9.78 Å². The number of nitrogens with two attached hydrogens (primary N) is 1. The maximum Gasteiger partial charge on any atom is 0.280 e. The normalized spacial score (nSPS) is 11.5. The number of aromatic nitrogens is 4. The zero-order chi connectivity index (χ0) is 13.8. The average molecular weight is 269 g/mol. The lowest BCUT2D eigenvalue weighted by Crippen LogP contribution is -2.24. The Bertz CT molecular complexity index is 603. The molecular weight excluding hydrogens is 254 g/mol. The van der Waals surface area contributed by atoms with Crippen molar-refractivity contribution >= 4 is 17.1 Å². The SMILES string of the molecule is Nc1nc2c(ncn2CCOC(CO)CO)c(=O)[nH]1. The van der Waals surface area contributed by atoms with Crippen LogP contribution in [0.1, 0.15) is 0 Å². The predicted octanol–water partition coefficient (Wildman–Crippen LogP) is -1.93. The number of aromatic amines is 1. The Morgan fingerprint density at radius 1 is 1.47 bits per heavy atom. The van der Waals surface area contributed by atoms with Crippen LogP contribution in [0, 0.1) is 0 Å². The van der Waals surface area contributed by atoms with E-state index < -0.39 is 11.7 Å². The molecule has 0 spiro atoms. The van der Waals surface area contributed by atoms with Crippen molar-refractivity contribution < 1.29 is 14.9 Å². The average Bonchev–Trinajstić information content (AvgIpc) is 2.78. The first kappa shape index (κ1) is 13.5. The zero-order valence-corrected chi connectivity index (χ0v) is 10.1. The molecule has 19 heavy (non-hydrogen) atoms. The lowest BCUT2D eigenvalue weighted by atomic mass is 10.4. The highest BCUT2D eigenvalue weighted by atomic mass is 16.5. The Morgan fingerprint density at radius 2 is 2.21 bits per heavy atom. The van der Waals surface area contributed by atoms with Crippen molar-refractivity contribution in [1.82, 2.24) is 19.5 Å². The molecule has 9 heteroatoms. The van der Waals surface area contributed by atoms with E-state index in [2.05, 4.69) is 15.0 Å². The minimum Gasteiger partial charge on any atom is -0.394 e. The summed E-state index contributed by atoms with van der Waals surface area (Å²) in [5.74, 6) is 0.0174. The molecule has 0 aromatic carbocycles. The third-order valence-corrected chi connectivity index (χ3v) is 2.59. The molecule has 0 saturated heterocycles. The summed E-state index contributed by atoms with van der Waals surface area (Å²) >= 11 is 0. The van der Waals surface area contributed by atoms with E-state index in [9.17, 15) is 4.79 Å². The van der Waals surface area contributed by atoms with Gasteiger partial charge in [0.25, 0.3) is 5.56 Å². The van der Waals surface area contributed by atoms with Gasteiger partial charge in [-0.25, -0.2) is 4.98 Å². The molecule has 0 aliphatic heterocycles. The summed E-state index contributed by atoms with van der Waals surface area (Å²) in [4.78, 5) is 21.8. The Balaban J connectivity index is 2.11. The summed E-state index contributed by atoms with van der Waals surface area (Å²) in [6, 6.07) is 0. The standard InChI is InChI=1S/C10H15N5O4/c11-10-13-8-7(9(18)14-10)12-5-15(8)1-2-19-6(3-16)4-17/h5-6,16-17H,1-4H2,(H3,11,13,14,18). The van der Waals surface area contributed by atoms with Crippen LogP contribution in [-0.4, -0.2) is 55.7 Å². The van der Waals surface area contributed by atoms with Crippen molar-refractivity contribution in [2.45, 2.75) is 12.6 Å². The number of hydrogen-bond acceptors (Lipinski definition) is 7. The molecule has 0 amide bonds. The minimum atomic E-state index is -0.615. The fraction of sp³-hybridized carbons (Fsp3) is 0.500. The lowest BCUT2D eigenvalue weighted by molar-refractivity contribution is -0.0221. The van der Waals surface area contributed by atoms with Gasteiger partial charge in [-0.1, -0.05) is 0 Å². The molecule has 0 unspecified atom stereocenters. The minimum absolute atomic E-state index is 0.0174. The topological polar surface area (TPSA) is 139 Å². The predicted molar refractivity (Wildman–Crippen MR) is 66.5 cm³/mol. The number of anilines is 1. The molecule has 5 N–H and O–H groups in total. The Hall–Kier alpha value is -1.97. The fourth-order valence-corrected chi connectivity index (χ4v) is 1.62. The molecule has 2 rings (SSSR count). The quantitative estimate of drug-likeness (QED) is 0.479. The highest BCUT2D eigenvalue weighted by Crippen LogP contribution is 2.06. The number of fused-ring (bicyclic) bond motifs is 1. The molecule has 104 valence electrons. The van der Waals surface area contributed by atoms with Gasteiger partial charge in [0.1, 0.15) is 6.10 Å². The van der Waals surface area contributed by atoms with Crippen molar-refractivity contribution in [2.75, 3.05) is 25.6 Å². The van der Waals surface area contributed by atoms with Crippen LogP contribution < -0.4 is 11.3 Å². The van der Waals surface area contributed by atoms with Gasteiger partial charge in [-0.2, -0.15) is 4.98 Å². The summed E-state index contributed by atoms with van der Waals surface area (Å²) in [5, 5.41) is 17.7. The van der Waals surface area contributed by atoms with E-state index in [1.165, 1.54) is 6.33 Å². The largest absolute Gasteiger partial charge is 0.394 e. The number of nitrogens with zero attached hydrogens (tertiary/aromatic N) is 3. The first-order chi connectivity index (χ1) is 9.15. The van der Waals surface area contributed by atoms with Crippen molar-refractivity contribution in [2.24, 2.45) is 0 Å². The monoisotopic (exact) mass is 269 g/mol. The molecule has 0 aliphatic carbocycles. The van der Waals surface area contributed by atoms with Crippen molar-refractivity contribution in [3.05, 3.63) is 16.7 Å².